The Morgan fingerprint density at radius 2 is 1.45 bits per heavy atom. The summed E-state index contributed by atoms with van der Waals surface area (Å²) in [6.07, 6.45) is 0. The van der Waals surface area contributed by atoms with Crippen LogP contribution in [0.1, 0.15) is 5.56 Å². The lowest BCUT2D eigenvalue weighted by molar-refractivity contribution is -0.496. The van der Waals surface area contributed by atoms with E-state index >= 15 is 0 Å². The van der Waals surface area contributed by atoms with Gasteiger partial charge in [0.2, 0.25) is 6.54 Å². The maximum atomic E-state index is 10.1. The first-order valence-corrected chi connectivity index (χ1v) is 5.59. The zero-order valence-corrected chi connectivity index (χ0v) is 10.4. The quantitative estimate of drug-likeness (QED) is 0.685. The highest BCUT2D eigenvalue weighted by atomic mass is 16.6. The normalized spacial score (nSPS) is 9.20. The van der Waals surface area contributed by atoms with Gasteiger partial charge in [-0.2, -0.15) is 0 Å². The lowest BCUT2D eigenvalue weighted by Crippen LogP contribution is -1.96. The van der Waals surface area contributed by atoms with Crippen LogP contribution in [0.15, 0.2) is 54.6 Å². The summed E-state index contributed by atoms with van der Waals surface area (Å²) in [4.78, 5) is 19.1. The smallest absolute Gasteiger partial charge is 0.310 e. The van der Waals surface area contributed by atoms with E-state index in [2.05, 4.69) is 0 Å². The highest BCUT2D eigenvalue weighted by Crippen LogP contribution is 2.23. The Hall–Kier alpha value is -2.96. The van der Waals surface area contributed by atoms with Gasteiger partial charge in [-0.3, -0.25) is 20.2 Å². The van der Waals surface area contributed by atoms with Gasteiger partial charge < -0.3 is 5.11 Å². The minimum atomic E-state index is -0.630. The van der Waals surface area contributed by atoms with Gasteiger partial charge in [0.25, 0.3) is 0 Å². The van der Waals surface area contributed by atoms with Crippen molar-refractivity contribution in [2.75, 3.05) is 0 Å². The Labute approximate surface area is 114 Å². The van der Waals surface area contributed by atoms with E-state index < -0.39 is 4.92 Å². The SMILES string of the molecule is O=[N+]([O-])Cc1ccccc1.O=[N+]([O-])c1ccccc1O. The highest BCUT2D eigenvalue weighted by Gasteiger charge is 2.09. The van der Waals surface area contributed by atoms with Gasteiger partial charge in [-0.25, -0.2) is 0 Å². The summed E-state index contributed by atoms with van der Waals surface area (Å²) in [5.41, 5.74) is 0.481. The molecule has 20 heavy (non-hydrogen) atoms. The van der Waals surface area contributed by atoms with Crippen molar-refractivity contribution >= 4 is 5.69 Å². The van der Waals surface area contributed by atoms with E-state index in [9.17, 15) is 20.2 Å². The van der Waals surface area contributed by atoms with Crippen LogP contribution in [0.2, 0.25) is 0 Å². The van der Waals surface area contributed by atoms with Crippen LogP contribution in [0.5, 0.6) is 5.75 Å². The van der Waals surface area contributed by atoms with E-state index in [0.717, 1.165) is 5.56 Å². The topological polar surface area (TPSA) is 107 Å². The Morgan fingerprint density at radius 1 is 0.900 bits per heavy atom. The maximum absolute atomic E-state index is 10.1. The minimum Gasteiger partial charge on any atom is -0.502 e. The van der Waals surface area contributed by atoms with Crippen LogP contribution < -0.4 is 0 Å². The second-order valence-corrected chi connectivity index (χ2v) is 3.72. The molecular weight excluding hydrogens is 264 g/mol. The molecule has 0 saturated heterocycles. The van der Waals surface area contributed by atoms with Crippen LogP contribution in [0, 0.1) is 20.2 Å². The van der Waals surface area contributed by atoms with Crippen molar-refractivity contribution in [3.8, 4) is 5.75 Å². The Balaban J connectivity index is 0.000000200. The van der Waals surface area contributed by atoms with E-state index in [1.165, 1.54) is 24.3 Å². The minimum absolute atomic E-state index is 0.0825. The number of phenols is 1. The first kappa shape index (κ1) is 15.1. The predicted octanol–water partition coefficient (Wildman–Crippen LogP) is 2.76. The summed E-state index contributed by atoms with van der Waals surface area (Å²) in [6, 6.07) is 14.4. The summed E-state index contributed by atoms with van der Waals surface area (Å²) in [5.74, 6) is -0.299. The fourth-order valence-electron chi connectivity index (χ4n) is 1.35. The first-order valence-electron chi connectivity index (χ1n) is 5.59. The number of benzene rings is 2. The number of rotatable bonds is 3. The zero-order chi connectivity index (χ0) is 15.0. The van der Waals surface area contributed by atoms with Crippen molar-refractivity contribution < 1.29 is 15.0 Å². The monoisotopic (exact) mass is 276 g/mol. The van der Waals surface area contributed by atoms with Gasteiger partial charge in [-0.05, 0) is 6.07 Å². The molecule has 2 aromatic rings. The van der Waals surface area contributed by atoms with Gasteiger partial charge in [0.15, 0.2) is 5.75 Å². The van der Waals surface area contributed by atoms with Crippen LogP contribution >= 0.6 is 0 Å². The third kappa shape index (κ3) is 5.13. The van der Waals surface area contributed by atoms with Crippen molar-refractivity contribution in [3.05, 3.63) is 80.4 Å². The maximum Gasteiger partial charge on any atom is 0.310 e. The second-order valence-electron chi connectivity index (χ2n) is 3.72. The van der Waals surface area contributed by atoms with Crippen molar-refractivity contribution in [2.45, 2.75) is 6.54 Å². The first-order chi connectivity index (χ1) is 9.50. The summed E-state index contributed by atoms with van der Waals surface area (Å²) in [6.45, 7) is -0.0825. The molecule has 0 radical (unpaired) electrons. The van der Waals surface area contributed by atoms with Crippen LogP contribution in [-0.2, 0) is 6.54 Å². The molecule has 0 heterocycles. The lowest BCUT2D eigenvalue weighted by atomic mass is 10.2. The summed E-state index contributed by atoms with van der Waals surface area (Å²) < 4.78 is 0. The molecule has 0 atom stereocenters. The molecular formula is C13H12N2O5. The van der Waals surface area contributed by atoms with E-state index in [4.69, 9.17) is 5.11 Å². The Morgan fingerprint density at radius 3 is 1.90 bits per heavy atom. The van der Waals surface area contributed by atoms with Crippen LogP contribution in [0.3, 0.4) is 0 Å². The molecule has 0 unspecified atom stereocenters. The van der Waals surface area contributed by atoms with Crippen LogP contribution in [0.4, 0.5) is 5.69 Å². The van der Waals surface area contributed by atoms with E-state index in [1.807, 2.05) is 6.07 Å². The molecule has 1 N–H and O–H groups in total. The van der Waals surface area contributed by atoms with Crippen molar-refractivity contribution in [2.24, 2.45) is 0 Å². The predicted molar refractivity (Wildman–Crippen MR) is 71.9 cm³/mol. The summed E-state index contributed by atoms with van der Waals surface area (Å²) in [7, 11) is 0. The van der Waals surface area contributed by atoms with Crippen LogP contribution in [0.25, 0.3) is 0 Å². The van der Waals surface area contributed by atoms with Crippen molar-refractivity contribution in [1.82, 2.24) is 0 Å². The molecule has 0 bridgehead atoms. The molecule has 104 valence electrons. The lowest BCUT2D eigenvalue weighted by Gasteiger charge is -1.91. The van der Waals surface area contributed by atoms with Crippen molar-refractivity contribution in [3.63, 3.8) is 0 Å². The second kappa shape index (κ2) is 7.47. The number of nitrogens with zero attached hydrogens (tertiary/aromatic N) is 2. The van der Waals surface area contributed by atoms with E-state index in [-0.39, 0.29) is 22.9 Å². The van der Waals surface area contributed by atoms with E-state index in [1.54, 1.807) is 24.3 Å². The van der Waals surface area contributed by atoms with Gasteiger partial charge in [0.1, 0.15) is 0 Å². The number of nitro groups is 2. The van der Waals surface area contributed by atoms with E-state index in [0.29, 0.717) is 0 Å². The Kier molecular flexibility index (Phi) is 5.64. The molecule has 0 aliphatic heterocycles. The number of nitro benzene ring substituents is 1. The summed E-state index contributed by atoms with van der Waals surface area (Å²) >= 11 is 0. The van der Waals surface area contributed by atoms with Gasteiger partial charge >= 0.3 is 5.69 Å². The molecule has 2 aromatic carbocycles. The number of para-hydroxylation sites is 2. The largest absolute Gasteiger partial charge is 0.502 e. The third-order valence-corrected chi connectivity index (χ3v) is 2.23. The standard InChI is InChI=1S/C7H7NO2.C6H5NO3/c9-8(10)6-7-4-2-1-3-5-7;8-6-4-2-1-3-5(6)7(9)10/h1-5H,6H2;1-4,8H. The molecule has 7 nitrogen and oxygen atoms in total. The Bertz CT molecular complexity index is 586. The molecule has 0 fully saturated rings. The molecule has 0 aromatic heterocycles. The molecule has 7 heteroatoms. The van der Waals surface area contributed by atoms with Gasteiger partial charge in [0.05, 0.1) is 4.92 Å². The number of hydrogen-bond donors (Lipinski definition) is 1. The molecule has 0 saturated carbocycles. The zero-order valence-electron chi connectivity index (χ0n) is 10.4. The molecule has 0 amide bonds. The number of aromatic hydroxyl groups is 1. The van der Waals surface area contributed by atoms with Gasteiger partial charge in [0, 0.05) is 16.6 Å². The molecule has 0 aliphatic rings. The fraction of sp³-hybridized carbons (Fsp3) is 0.0769. The average Bonchev–Trinajstić information content (AvgIpc) is 2.40. The molecule has 0 spiro atoms. The number of phenolic OH excluding ortho intramolecular Hbond substituents is 1. The summed E-state index contributed by atoms with van der Waals surface area (Å²) in [5, 5.41) is 28.9. The van der Waals surface area contributed by atoms with Crippen molar-refractivity contribution in [1.29, 1.82) is 0 Å². The molecule has 2 rings (SSSR count). The average molecular weight is 276 g/mol. The highest BCUT2D eigenvalue weighted by molar-refractivity contribution is 5.44. The number of hydrogen-bond acceptors (Lipinski definition) is 5. The van der Waals surface area contributed by atoms with Crippen LogP contribution in [-0.4, -0.2) is 15.0 Å². The molecule has 0 aliphatic carbocycles. The van der Waals surface area contributed by atoms with Gasteiger partial charge in [-0.1, -0.05) is 42.5 Å². The van der Waals surface area contributed by atoms with Gasteiger partial charge in [-0.15, -0.1) is 0 Å². The third-order valence-electron chi connectivity index (χ3n) is 2.23. The fourth-order valence-corrected chi connectivity index (χ4v) is 1.35.